The molecule has 2 aromatic carbocycles. The van der Waals surface area contributed by atoms with E-state index in [-0.39, 0.29) is 5.56 Å². The maximum atomic E-state index is 13.1. The number of nitrogens with one attached hydrogen (secondary N) is 2. The molecule has 1 atom stereocenters. The Kier molecular flexibility index (Phi) is 4.87. The number of ether oxygens (including phenoxy) is 1. The van der Waals surface area contributed by atoms with Gasteiger partial charge in [-0.15, -0.1) is 0 Å². The standard InChI is InChI=1S/C22H20N4O3/c1-26-11-10-23-20(26)19(15-7-5-8-16(12-15)29-2)25-22(28)17-13-14-6-3-4-9-18(14)24-21(17)27/h3-13,19H,1-2H3,(H,24,27)(H,25,28). The predicted octanol–water partition coefficient (Wildman–Crippen LogP) is 2.79. The number of pyridine rings is 1. The first-order valence-electron chi connectivity index (χ1n) is 9.11. The summed E-state index contributed by atoms with van der Waals surface area (Å²) in [6, 6.07) is 15.8. The van der Waals surface area contributed by atoms with Crippen molar-refractivity contribution in [3.05, 3.63) is 94.3 Å². The van der Waals surface area contributed by atoms with Gasteiger partial charge in [0.1, 0.15) is 23.2 Å². The van der Waals surface area contributed by atoms with Crippen molar-refractivity contribution in [2.75, 3.05) is 7.11 Å². The minimum Gasteiger partial charge on any atom is -0.497 e. The summed E-state index contributed by atoms with van der Waals surface area (Å²) >= 11 is 0. The van der Waals surface area contributed by atoms with Crippen LogP contribution in [-0.2, 0) is 7.05 Å². The lowest BCUT2D eigenvalue weighted by Crippen LogP contribution is -2.34. The number of imidazole rings is 1. The zero-order valence-electron chi connectivity index (χ0n) is 16.0. The predicted molar refractivity (Wildman–Crippen MR) is 110 cm³/mol. The van der Waals surface area contributed by atoms with E-state index in [1.165, 1.54) is 0 Å². The third-order valence-electron chi connectivity index (χ3n) is 4.82. The van der Waals surface area contributed by atoms with Crippen LogP contribution in [0.25, 0.3) is 10.9 Å². The van der Waals surface area contributed by atoms with E-state index in [0.717, 1.165) is 10.9 Å². The maximum Gasteiger partial charge on any atom is 0.261 e. The quantitative estimate of drug-likeness (QED) is 0.550. The number of H-pyrrole nitrogens is 1. The lowest BCUT2D eigenvalue weighted by Gasteiger charge is -2.19. The van der Waals surface area contributed by atoms with E-state index in [2.05, 4.69) is 15.3 Å². The minimum absolute atomic E-state index is 0.0470. The highest BCUT2D eigenvalue weighted by molar-refractivity contribution is 5.97. The fourth-order valence-corrected chi connectivity index (χ4v) is 3.30. The highest BCUT2D eigenvalue weighted by Gasteiger charge is 2.23. The summed E-state index contributed by atoms with van der Waals surface area (Å²) < 4.78 is 7.14. The fourth-order valence-electron chi connectivity index (χ4n) is 3.30. The van der Waals surface area contributed by atoms with Gasteiger partial charge >= 0.3 is 0 Å². The monoisotopic (exact) mass is 388 g/mol. The van der Waals surface area contributed by atoms with E-state index in [1.807, 2.05) is 54.1 Å². The average Bonchev–Trinajstić information content (AvgIpc) is 3.16. The summed E-state index contributed by atoms with van der Waals surface area (Å²) in [6.45, 7) is 0. The molecule has 4 rings (SSSR count). The van der Waals surface area contributed by atoms with Crippen molar-refractivity contribution in [1.29, 1.82) is 0 Å². The van der Waals surface area contributed by atoms with Crippen LogP contribution in [-0.4, -0.2) is 27.6 Å². The third kappa shape index (κ3) is 3.62. The van der Waals surface area contributed by atoms with Crippen molar-refractivity contribution in [2.45, 2.75) is 6.04 Å². The van der Waals surface area contributed by atoms with Crippen LogP contribution in [0.5, 0.6) is 5.75 Å². The topological polar surface area (TPSA) is 89.0 Å². The lowest BCUT2D eigenvalue weighted by molar-refractivity contribution is 0.0939. The van der Waals surface area contributed by atoms with Crippen LogP contribution < -0.4 is 15.6 Å². The molecule has 0 saturated heterocycles. The van der Waals surface area contributed by atoms with Crippen LogP contribution in [0, 0.1) is 0 Å². The van der Waals surface area contributed by atoms with Gasteiger partial charge in [0, 0.05) is 25.0 Å². The van der Waals surface area contributed by atoms with Crippen molar-refractivity contribution in [3.8, 4) is 5.75 Å². The van der Waals surface area contributed by atoms with Crippen molar-refractivity contribution in [1.82, 2.24) is 19.9 Å². The average molecular weight is 388 g/mol. The molecular formula is C22H20N4O3. The summed E-state index contributed by atoms with van der Waals surface area (Å²) in [7, 11) is 3.44. The molecule has 0 spiro atoms. The Morgan fingerprint density at radius 2 is 2.00 bits per heavy atom. The number of methoxy groups -OCH3 is 1. The first-order chi connectivity index (χ1) is 14.1. The van der Waals surface area contributed by atoms with Crippen LogP contribution >= 0.6 is 0 Å². The van der Waals surface area contributed by atoms with Gasteiger partial charge in [-0.3, -0.25) is 9.59 Å². The molecule has 0 fully saturated rings. The number of para-hydroxylation sites is 1. The largest absolute Gasteiger partial charge is 0.497 e. The Bertz CT molecular complexity index is 1240. The van der Waals surface area contributed by atoms with Gasteiger partial charge < -0.3 is 19.6 Å². The number of fused-ring (bicyclic) bond motifs is 1. The molecule has 7 nitrogen and oxygen atoms in total. The second kappa shape index (κ2) is 7.63. The number of amides is 1. The van der Waals surface area contributed by atoms with Crippen LogP contribution in [0.2, 0.25) is 0 Å². The summed E-state index contributed by atoms with van der Waals surface area (Å²) in [5, 5.41) is 3.74. The number of benzene rings is 2. The molecular weight excluding hydrogens is 368 g/mol. The second-order valence-electron chi connectivity index (χ2n) is 6.68. The van der Waals surface area contributed by atoms with E-state index in [0.29, 0.717) is 17.1 Å². The van der Waals surface area contributed by atoms with E-state index < -0.39 is 17.5 Å². The Morgan fingerprint density at radius 1 is 1.17 bits per heavy atom. The van der Waals surface area contributed by atoms with Gasteiger partial charge in [0.25, 0.3) is 11.5 Å². The Balaban J connectivity index is 1.75. The highest BCUT2D eigenvalue weighted by atomic mass is 16.5. The first-order valence-corrected chi connectivity index (χ1v) is 9.11. The van der Waals surface area contributed by atoms with E-state index in [1.54, 1.807) is 31.6 Å². The van der Waals surface area contributed by atoms with Gasteiger partial charge in [-0.2, -0.15) is 0 Å². The van der Waals surface area contributed by atoms with Gasteiger partial charge in [0.2, 0.25) is 0 Å². The second-order valence-corrected chi connectivity index (χ2v) is 6.68. The molecule has 1 amide bonds. The number of hydrogen-bond donors (Lipinski definition) is 2. The molecule has 7 heteroatoms. The smallest absolute Gasteiger partial charge is 0.261 e. The number of aryl methyl sites for hydroxylation is 1. The van der Waals surface area contributed by atoms with Gasteiger partial charge in [-0.05, 0) is 35.2 Å². The van der Waals surface area contributed by atoms with Gasteiger partial charge in [-0.1, -0.05) is 30.3 Å². The SMILES string of the molecule is COc1cccc(C(NC(=O)c2cc3ccccc3[nH]c2=O)c2nccn2C)c1. The molecule has 1 unspecified atom stereocenters. The van der Waals surface area contributed by atoms with Crippen LogP contribution in [0.15, 0.2) is 71.8 Å². The summed E-state index contributed by atoms with van der Waals surface area (Å²) in [5.41, 5.74) is 1.09. The molecule has 29 heavy (non-hydrogen) atoms. The molecule has 2 aromatic heterocycles. The summed E-state index contributed by atoms with van der Waals surface area (Å²) in [6.07, 6.45) is 3.47. The minimum atomic E-state index is -0.552. The number of carbonyl (C=O) groups excluding carboxylic acids is 1. The summed E-state index contributed by atoms with van der Waals surface area (Å²) in [5.74, 6) is 0.830. The molecule has 146 valence electrons. The maximum absolute atomic E-state index is 13.1. The fraction of sp³-hybridized carbons (Fsp3) is 0.136. The lowest BCUT2D eigenvalue weighted by atomic mass is 10.0. The third-order valence-corrected chi connectivity index (χ3v) is 4.82. The Labute approximate surface area is 167 Å². The highest BCUT2D eigenvalue weighted by Crippen LogP contribution is 2.24. The van der Waals surface area contributed by atoms with Crippen molar-refractivity contribution >= 4 is 16.8 Å². The van der Waals surface area contributed by atoms with Crippen molar-refractivity contribution < 1.29 is 9.53 Å². The number of carbonyl (C=O) groups is 1. The normalized spacial score (nSPS) is 11.9. The molecule has 0 saturated carbocycles. The first kappa shape index (κ1) is 18.5. The molecule has 0 aliphatic heterocycles. The number of aromatic nitrogens is 3. The molecule has 0 bridgehead atoms. The van der Waals surface area contributed by atoms with Gasteiger partial charge in [0.05, 0.1) is 7.11 Å². The van der Waals surface area contributed by atoms with Gasteiger partial charge in [0.15, 0.2) is 0 Å². The molecule has 2 heterocycles. The van der Waals surface area contributed by atoms with Crippen LogP contribution in [0.4, 0.5) is 0 Å². The van der Waals surface area contributed by atoms with Crippen molar-refractivity contribution in [2.24, 2.45) is 7.05 Å². The number of nitrogens with zero attached hydrogens (tertiary/aromatic N) is 2. The number of aromatic amines is 1. The molecule has 2 N–H and O–H groups in total. The Hall–Kier alpha value is -3.87. The Morgan fingerprint density at radius 3 is 2.76 bits per heavy atom. The van der Waals surface area contributed by atoms with E-state index >= 15 is 0 Å². The molecule has 0 radical (unpaired) electrons. The van der Waals surface area contributed by atoms with E-state index in [4.69, 9.17) is 4.74 Å². The van der Waals surface area contributed by atoms with Crippen molar-refractivity contribution in [3.63, 3.8) is 0 Å². The molecule has 0 aliphatic rings. The zero-order valence-corrected chi connectivity index (χ0v) is 16.0. The van der Waals surface area contributed by atoms with Crippen LogP contribution in [0.3, 0.4) is 0 Å². The molecule has 0 aliphatic carbocycles. The molecule has 4 aromatic rings. The summed E-state index contributed by atoms with van der Waals surface area (Å²) in [4.78, 5) is 32.7. The van der Waals surface area contributed by atoms with Crippen LogP contribution in [0.1, 0.15) is 27.8 Å². The van der Waals surface area contributed by atoms with E-state index in [9.17, 15) is 9.59 Å². The number of hydrogen-bond acceptors (Lipinski definition) is 4. The van der Waals surface area contributed by atoms with Gasteiger partial charge in [-0.25, -0.2) is 4.98 Å². The number of rotatable bonds is 5. The zero-order chi connectivity index (χ0) is 20.4.